The molecule has 0 heterocycles. The van der Waals surface area contributed by atoms with E-state index in [-0.39, 0.29) is 30.3 Å². The van der Waals surface area contributed by atoms with Crippen molar-refractivity contribution in [2.24, 2.45) is 23.5 Å². The summed E-state index contributed by atoms with van der Waals surface area (Å²) in [6.07, 6.45) is 5.61. The number of hydrogen-bond acceptors (Lipinski definition) is 3. The van der Waals surface area contributed by atoms with Gasteiger partial charge in [0.25, 0.3) is 0 Å². The third kappa shape index (κ3) is 3.38. The van der Waals surface area contributed by atoms with Crippen molar-refractivity contribution in [1.82, 2.24) is 5.32 Å². The van der Waals surface area contributed by atoms with Gasteiger partial charge in [-0.2, -0.15) is 0 Å². The lowest BCUT2D eigenvalue weighted by molar-refractivity contribution is -0.127. The Bertz CT molecular complexity index is 492. The molecule has 4 unspecified atom stereocenters. The summed E-state index contributed by atoms with van der Waals surface area (Å²) in [7, 11) is 0. The summed E-state index contributed by atoms with van der Waals surface area (Å²) < 4.78 is 0. The number of halogens is 1. The summed E-state index contributed by atoms with van der Waals surface area (Å²) in [6, 6.07) is 8.41. The second-order valence-corrected chi connectivity index (χ2v) is 6.88. The fraction of sp³-hybridized carbons (Fsp3) is 0.562. The van der Waals surface area contributed by atoms with Gasteiger partial charge < -0.3 is 11.1 Å². The molecule has 0 aromatic heterocycles. The maximum Gasteiger partial charge on any atom is 0.225 e. The van der Waals surface area contributed by atoms with E-state index >= 15 is 0 Å². The van der Waals surface area contributed by atoms with Gasteiger partial charge in [-0.25, -0.2) is 0 Å². The zero-order valence-electron chi connectivity index (χ0n) is 12.2. The summed E-state index contributed by atoms with van der Waals surface area (Å²) in [6.45, 7) is 0.605. The second kappa shape index (κ2) is 7.03. The minimum absolute atomic E-state index is 0. The summed E-state index contributed by atoms with van der Waals surface area (Å²) in [5, 5.41) is 3.07. The third-order valence-electron chi connectivity index (χ3n) is 4.91. The average Bonchev–Trinajstić information content (AvgIpc) is 3.06. The zero-order chi connectivity index (χ0) is 14.1. The van der Waals surface area contributed by atoms with E-state index in [9.17, 15) is 4.79 Å². The second-order valence-electron chi connectivity index (χ2n) is 6.00. The van der Waals surface area contributed by atoms with Gasteiger partial charge in [-0.05, 0) is 55.1 Å². The van der Waals surface area contributed by atoms with Gasteiger partial charge in [0.1, 0.15) is 0 Å². The van der Waals surface area contributed by atoms with Crippen LogP contribution in [-0.2, 0) is 11.3 Å². The monoisotopic (exact) mass is 326 g/mol. The summed E-state index contributed by atoms with van der Waals surface area (Å²) >= 11 is 1.73. The van der Waals surface area contributed by atoms with Gasteiger partial charge in [0.15, 0.2) is 0 Å². The van der Waals surface area contributed by atoms with Crippen molar-refractivity contribution in [2.45, 2.75) is 36.7 Å². The number of fused-ring (bicyclic) bond motifs is 2. The van der Waals surface area contributed by atoms with Crippen molar-refractivity contribution in [3.8, 4) is 0 Å². The highest BCUT2D eigenvalue weighted by atomic mass is 35.5. The fourth-order valence-electron chi connectivity index (χ4n) is 3.78. The summed E-state index contributed by atoms with van der Waals surface area (Å²) in [5.74, 6) is 1.29. The number of amides is 1. The highest BCUT2D eigenvalue weighted by Crippen LogP contribution is 2.47. The molecule has 2 saturated carbocycles. The summed E-state index contributed by atoms with van der Waals surface area (Å²) in [5.41, 5.74) is 7.35. The number of carbonyl (C=O) groups excluding carboxylic acids is 1. The molecule has 3 rings (SSSR count). The number of thioether (sulfide) groups is 1. The maximum atomic E-state index is 12.3. The quantitative estimate of drug-likeness (QED) is 0.837. The summed E-state index contributed by atoms with van der Waals surface area (Å²) in [4.78, 5) is 13.6. The van der Waals surface area contributed by atoms with Gasteiger partial charge in [0.2, 0.25) is 5.91 Å². The maximum absolute atomic E-state index is 12.3. The molecule has 4 atom stereocenters. The van der Waals surface area contributed by atoms with E-state index in [4.69, 9.17) is 5.73 Å². The average molecular weight is 327 g/mol. The minimum atomic E-state index is 0. The normalized spacial score (nSPS) is 30.0. The number of hydrogen-bond donors (Lipinski definition) is 2. The molecule has 1 aromatic rings. The molecule has 3 N–H and O–H groups in total. The molecular weight excluding hydrogens is 304 g/mol. The number of benzene rings is 1. The predicted octanol–water partition coefficient (Wildman–Crippen LogP) is 2.82. The lowest BCUT2D eigenvalue weighted by Gasteiger charge is -2.27. The minimum Gasteiger partial charge on any atom is -0.352 e. The Morgan fingerprint density at radius 3 is 2.52 bits per heavy atom. The number of nitrogens with one attached hydrogen (secondary N) is 1. The Hall–Kier alpha value is -0.710. The van der Waals surface area contributed by atoms with Crippen LogP contribution in [-0.4, -0.2) is 18.2 Å². The van der Waals surface area contributed by atoms with E-state index in [2.05, 4.69) is 35.8 Å². The number of carbonyl (C=O) groups is 1. The molecule has 1 aromatic carbocycles. The molecule has 116 valence electrons. The molecular formula is C16H23ClN2OS. The van der Waals surface area contributed by atoms with E-state index in [1.165, 1.54) is 17.7 Å². The lowest BCUT2D eigenvalue weighted by atomic mass is 9.84. The Morgan fingerprint density at radius 2 is 1.95 bits per heavy atom. The number of rotatable bonds is 4. The first-order chi connectivity index (χ1) is 9.69. The van der Waals surface area contributed by atoms with Crippen LogP contribution in [0.2, 0.25) is 0 Å². The van der Waals surface area contributed by atoms with Gasteiger partial charge in [0.05, 0.1) is 5.92 Å². The Labute approximate surface area is 136 Å². The molecule has 0 aliphatic heterocycles. The van der Waals surface area contributed by atoms with Gasteiger partial charge in [-0.3, -0.25) is 4.79 Å². The van der Waals surface area contributed by atoms with Crippen molar-refractivity contribution in [1.29, 1.82) is 0 Å². The van der Waals surface area contributed by atoms with Crippen molar-refractivity contribution >= 4 is 30.1 Å². The smallest absolute Gasteiger partial charge is 0.225 e. The van der Waals surface area contributed by atoms with Crippen molar-refractivity contribution in [2.75, 3.05) is 6.26 Å². The van der Waals surface area contributed by atoms with Gasteiger partial charge in [-0.1, -0.05) is 12.1 Å². The molecule has 1 amide bonds. The van der Waals surface area contributed by atoms with Gasteiger partial charge in [0, 0.05) is 17.5 Å². The highest BCUT2D eigenvalue weighted by molar-refractivity contribution is 7.98. The van der Waals surface area contributed by atoms with Crippen LogP contribution in [0.4, 0.5) is 0 Å². The van der Waals surface area contributed by atoms with Gasteiger partial charge in [-0.15, -0.1) is 24.2 Å². The highest BCUT2D eigenvalue weighted by Gasteiger charge is 2.48. The zero-order valence-corrected chi connectivity index (χ0v) is 13.9. The number of nitrogens with two attached hydrogens (primary N) is 1. The first kappa shape index (κ1) is 16.7. The van der Waals surface area contributed by atoms with Gasteiger partial charge >= 0.3 is 0 Å². The van der Waals surface area contributed by atoms with Crippen LogP contribution in [0.3, 0.4) is 0 Å². The van der Waals surface area contributed by atoms with Crippen LogP contribution in [0.15, 0.2) is 29.2 Å². The van der Waals surface area contributed by atoms with Crippen LogP contribution in [0, 0.1) is 17.8 Å². The molecule has 0 radical (unpaired) electrons. The Morgan fingerprint density at radius 1 is 1.29 bits per heavy atom. The van der Waals surface area contributed by atoms with Crippen LogP contribution in [0.1, 0.15) is 24.8 Å². The topological polar surface area (TPSA) is 55.1 Å². The van der Waals surface area contributed by atoms with Crippen LogP contribution in [0.5, 0.6) is 0 Å². The largest absolute Gasteiger partial charge is 0.352 e. The van der Waals surface area contributed by atoms with E-state index in [0.717, 1.165) is 12.0 Å². The standard InChI is InChI=1S/C16H22N2OS.ClH/c1-20-13-6-2-10(3-7-13)9-18-16(19)14-11-4-5-12(8-11)15(14)17;/h2-3,6-7,11-12,14-15H,4-5,8-9,17H2,1H3,(H,18,19);1H. The molecule has 2 fully saturated rings. The lowest BCUT2D eigenvalue weighted by Crippen LogP contribution is -2.45. The molecule has 0 saturated heterocycles. The molecule has 5 heteroatoms. The van der Waals surface area contributed by atoms with Crippen molar-refractivity contribution < 1.29 is 4.79 Å². The van der Waals surface area contributed by atoms with E-state index in [1.807, 2.05) is 0 Å². The molecule has 2 aliphatic carbocycles. The molecule has 3 nitrogen and oxygen atoms in total. The molecule has 21 heavy (non-hydrogen) atoms. The van der Waals surface area contributed by atoms with Crippen LogP contribution in [0.25, 0.3) is 0 Å². The van der Waals surface area contributed by atoms with E-state index < -0.39 is 0 Å². The SMILES string of the molecule is CSc1ccc(CNC(=O)C2C3CCC(C3)C2N)cc1.Cl. The van der Waals surface area contributed by atoms with Crippen LogP contribution < -0.4 is 11.1 Å². The van der Waals surface area contributed by atoms with Crippen molar-refractivity contribution in [3.63, 3.8) is 0 Å². The molecule has 2 aliphatic rings. The Kier molecular flexibility index (Phi) is 5.58. The van der Waals surface area contributed by atoms with E-state index in [1.54, 1.807) is 11.8 Å². The first-order valence-corrected chi connectivity index (χ1v) is 8.57. The fourth-order valence-corrected chi connectivity index (χ4v) is 4.18. The van der Waals surface area contributed by atoms with Crippen molar-refractivity contribution in [3.05, 3.63) is 29.8 Å². The molecule has 2 bridgehead atoms. The first-order valence-electron chi connectivity index (χ1n) is 7.35. The van der Waals surface area contributed by atoms with Crippen LogP contribution >= 0.6 is 24.2 Å². The third-order valence-corrected chi connectivity index (χ3v) is 5.65. The van der Waals surface area contributed by atoms with E-state index in [0.29, 0.717) is 18.4 Å². The Balaban J connectivity index is 0.00000161. The predicted molar refractivity (Wildman–Crippen MR) is 89.6 cm³/mol. The molecule has 0 spiro atoms.